The van der Waals surface area contributed by atoms with Gasteiger partial charge in [0.15, 0.2) is 5.16 Å². The van der Waals surface area contributed by atoms with Crippen molar-refractivity contribution in [2.24, 2.45) is 0 Å². The first-order chi connectivity index (χ1) is 12.1. The van der Waals surface area contributed by atoms with Gasteiger partial charge in [-0.25, -0.2) is 4.98 Å². The number of H-pyrrole nitrogens is 1. The van der Waals surface area contributed by atoms with Gasteiger partial charge in [0, 0.05) is 18.4 Å². The van der Waals surface area contributed by atoms with Crippen LogP contribution in [0.1, 0.15) is 31.0 Å². The van der Waals surface area contributed by atoms with Gasteiger partial charge in [0.25, 0.3) is 5.56 Å². The molecule has 0 radical (unpaired) electrons. The van der Waals surface area contributed by atoms with Gasteiger partial charge in [-0.05, 0) is 24.1 Å². The Labute approximate surface area is 151 Å². The number of carbonyl (C=O) groups excluding carboxylic acids is 1. The summed E-state index contributed by atoms with van der Waals surface area (Å²) in [6.07, 6.45) is 2.07. The first-order valence-corrected chi connectivity index (χ1v) is 9.22. The second-order valence-electron chi connectivity index (χ2n) is 5.56. The molecule has 0 atom stereocenters. The van der Waals surface area contributed by atoms with Crippen LogP contribution >= 0.6 is 11.8 Å². The summed E-state index contributed by atoms with van der Waals surface area (Å²) in [7, 11) is 1.63. The van der Waals surface area contributed by atoms with Crippen molar-refractivity contribution in [3.05, 3.63) is 51.9 Å². The quantitative estimate of drug-likeness (QED) is 0.407. The summed E-state index contributed by atoms with van der Waals surface area (Å²) < 4.78 is 5.20. The number of carbonyl (C=O) groups is 1. The van der Waals surface area contributed by atoms with Gasteiger partial charge in [-0.15, -0.1) is 0 Å². The smallest absolute Gasteiger partial charge is 0.251 e. The number of hydrogen-bond acceptors (Lipinski definition) is 5. The van der Waals surface area contributed by atoms with Crippen molar-refractivity contribution in [1.29, 1.82) is 0 Å². The molecule has 7 heteroatoms. The summed E-state index contributed by atoms with van der Waals surface area (Å²) in [6, 6.07) is 9.10. The van der Waals surface area contributed by atoms with E-state index in [1.807, 2.05) is 24.3 Å². The molecule has 1 heterocycles. The van der Waals surface area contributed by atoms with Gasteiger partial charge in [0.05, 0.1) is 19.2 Å². The van der Waals surface area contributed by atoms with Crippen LogP contribution < -0.4 is 15.6 Å². The number of rotatable bonds is 9. The summed E-state index contributed by atoms with van der Waals surface area (Å²) in [5, 5.41) is 3.34. The van der Waals surface area contributed by atoms with Crippen LogP contribution in [0, 0.1) is 0 Å². The summed E-state index contributed by atoms with van der Waals surface area (Å²) >= 11 is 1.42. The van der Waals surface area contributed by atoms with Crippen molar-refractivity contribution >= 4 is 17.7 Å². The number of benzene rings is 1. The highest BCUT2D eigenvalue weighted by molar-refractivity contribution is 7.98. The van der Waals surface area contributed by atoms with Crippen LogP contribution in [0.25, 0.3) is 0 Å². The highest BCUT2D eigenvalue weighted by Gasteiger charge is 2.08. The minimum Gasteiger partial charge on any atom is -0.497 e. The third-order valence-corrected chi connectivity index (χ3v) is 4.42. The molecule has 2 N–H and O–H groups in total. The van der Waals surface area contributed by atoms with Crippen LogP contribution in [0.2, 0.25) is 0 Å². The molecule has 0 aliphatic heterocycles. The molecule has 0 saturated carbocycles. The molecule has 0 bridgehead atoms. The van der Waals surface area contributed by atoms with Gasteiger partial charge in [-0.2, -0.15) is 0 Å². The van der Waals surface area contributed by atoms with E-state index in [0.29, 0.717) is 23.1 Å². The van der Waals surface area contributed by atoms with Crippen molar-refractivity contribution in [2.45, 2.75) is 37.1 Å². The minimum atomic E-state index is -0.250. The van der Waals surface area contributed by atoms with Crippen molar-refractivity contribution in [2.75, 3.05) is 13.7 Å². The van der Waals surface area contributed by atoms with Gasteiger partial charge < -0.3 is 15.0 Å². The minimum absolute atomic E-state index is 0.111. The number of nitrogens with one attached hydrogen (secondary N) is 2. The Bertz CT molecular complexity index is 761. The summed E-state index contributed by atoms with van der Waals surface area (Å²) in [5.74, 6) is 1.32. The lowest BCUT2D eigenvalue weighted by Crippen LogP contribution is -2.27. The van der Waals surface area contributed by atoms with Gasteiger partial charge >= 0.3 is 0 Å². The van der Waals surface area contributed by atoms with E-state index in [4.69, 9.17) is 4.74 Å². The van der Waals surface area contributed by atoms with Crippen molar-refractivity contribution in [1.82, 2.24) is 15.3 Å². The zero-order valence-corrected chi connectivity index (χ0v) is 15.3. The van der Waals surface area contributed by atoms with Gasteiger partial charge in [0.1, 0.15) is 5.75 Å². The molecule has 25 heavy (non-hydrogen) atoms. The Balaban J connectivity index is 1.98. The van der Waals surface area contributed by atoms with Gasteiger partial charge in [-0.3, -0.25) is 9.59 Å². The van der Waals surface area contributed by atoms with Gasteiger partial charge in [0.2, 0.25) is 5.91 Å². The van der Waals surface area contributed by atoms with Crippen molar-refractivity contribution in [3.63, 3.8) is 0 Å². The second kappa shape index (κ2) is 9.88. The highest BCUT2D eigenvalue weighted by atomic mass is 32.2. The monoisotopic (exact) mass is 361 g/mol. The predicted octanol–water partition coefficient (Wildman–Crippen LogP) is 2.53. The van der Waals surface area contributed by atoms with E-state index in [-0.39, 0.29) is 17.9 Å². The van der Waals surface area contributed by atoms with Crippen LogP contribution in [0.15, 0.2) is 40.3 Å². The van der Waals surface area contributed by atoms with Crippen LogP contribution in [0.5, 0.6) is 5.75 Å². The molecule has 2 rings (SSSR count). The maximum Gasteiger partial charge on any atom is 0.251 e. The Hall–Kier alpha value is -2.28. The number of aromatic nitrogens is 2. The molecule has 1 aromatic carbocycles. The van der Waals surface area contributed by atoms with E-state index >= 15 is 0 Å². The predicted molar refractivity (Wildman–Crippen MR) is 99.0 cm³/mol. The highest BCUT2D eigenvalue weighted by Crippen LogP contribution is 2.21. The lowest BCUT2D eigenvalue weighted by molar-refractivity contribution is -0.120. The molecule has 0 saturated heterocycles. The first kappa shape index (κ1) is 19.1. The molecule has 1 amide bonds. The molecule has 134 valence electrons. The molecule has 1 aromatic heterocycles. The van der Waals surface area contributed by atoms with E-state index in [0.717, 1.165) is 24.2 Å². The Kier molecular flexibility index (Phi) is 7.53. The third kappa shape index (κ3) is 6.62. The summed E-state index contributed by atoms with van der Waals surface area (Å²) in [6.45, 7) is 2.71. The summed E-state index contributed by atoms with van der Waals surface area (Å²) in [5.41, 5.74) is 1.29. The average Bonchev–Trinajstić information content (AvgIpc) is 2.60. The van der Waals surface area contributed by atoms with E-state index in [1.54, 1.807) is 7.11 Å². The van der Waals surface area contributed by atoms with Gasteiger partial charge in [-0.1, -0.05) is 37.2 Å². The number of amides is 1. The number of hydrogen-bond donors (Lipinski definition) is 2. The number of methoxy groups -OCH3 is 1. The fourth-order valence-electron chi connectivity index (χ4n) is 2.19. The summed E-state index contributed by atoms with van der Waals surface area (Å²) in [4.78, 5) is 30.8. The van der Waals surface area contributed by atoms with Crippen LogP contribution in [-0.4, -0.2) is 29.5 Å². The molecule has 6 nitrogen and oxygen atoms in total. The fourth-order valence-corrected chi connectivity index (χ4v) is 3.03. The fraction of sp³-hybridized carbons (Fsp3) is 0.389. The second-order valence-corrected chi connectivity index (χ2v) is 6.53. The Morgan fingerprint density at radius 2 is 2.20 bits per heavy atom. The molecule has 0 aliphatic carbocycles. The average molecular weight is 361 g/mol. The van der Waals surface area contributed by atoms with Crippen molar-refractivity contribution in [3.8, 4) is 5.75 Å². The number of ether oxygens (including phenoxy) is 1. The molecular formula is C18H23N3O3S. The standard InChI is InChI=1S/C18H23N3O3S/c1-3-4-8-19-16(22)10-14-11-17(23)21-18(20-14)25-12-13-6-5-7-15(9-13)24-2/h5-7,9,11H,3-4,8,10,12H2,1-2H3,(H,19,22)(H,20,21,23). The SMILES string of the molecule is CCCCNC(=O)Cc1cc(=O)[nH]c(SCc2cccc(OC)c2)n1. The van der Waals surface area contributed by atoms with Crippen molar-refractivity contribution < 1.29 is 9.53 Å². The lowest BCUT2D eigenvalue weighted by atomic mass is 10.2. The molecular weight excluding hydrogens is 338 g/mol. The first-order valence-electron chi connectivity index (χ1n) is 8.23. The number of thioether (sulfide) groups is 1. The maximum absolute atomic E-state index is 11.9. The molecule has 0 spiro atoms. The zero-order chi connectivity index (χ0) is 18.1. The molecule has 2 aromatic rings. The number of unbranched alkanes of at least 4 members (excludes halogenated alkanes) is 1. The number of aromatic amines is 1. The Morgan fingerprint density at radius 1 is 1.36 bits per heavy atom. The van der Waals surface area contributed by atoms with Crippen LogP contribution in [0.3, 0.4) is 0 Å². The molecule has 0 unspecified atom stereocenters. The lowest BCUT2D eigenvalue weighted by Gasteiger charge is -2.06. The Morgan fingerprint density at radius 3 is 2.96 bits per heavy atom. The zero-order valence-electron chi connectivity index (χ0n) is 14.5. The van der Waals surface area contributed by atoms with Crippen LogP contribution in [0.4, 0.5) is 0 Å². The van der Waals surface area contributed by atoms with E-state index < -0.39 is 0 Å². The largest absolute Gasteiger partial charge is 0.497 e. The topological polar surface area (TPSA) is 84.1 Å². The van der Waals surface area contributed by atoms with E-state index in [9.17, 15) is 9.59 Å². The normalized spacial score (nSPS) is 10.5. The molecule has 0 aliphatic rings. The molecule has 0 fully saturated rings. The maximum atomic E-state index is 11.9. The number of nitrogens with zero attached hydrogens (tertiary/aromatic N) is 1. The van der Waals surface area contributed by atoms with E-state index in [1.165, 1.54) is 17.8 Å². The van der Waals surface area contributed by atoms with Crippen LogP contribution in [-0.2, 0) is 17.0 Å². The van der Waals surface area contributed by atoms with E-state index in [2.05, 4.69) is 22.2 Å². The third-order valence-electron chi connectivity index (χ3n) is 3.48.